The van der Waals surface area contributed by atoms with Crippen molar-refractivity contribution in [2.45, 2.75) is 25.4 Å². The summed E-state index contributed by atoms with van der Waals surface area (Å²) in [6.07, 6.45) is 0.977. The first-order chi connectivity index (χ1) is 16.7. The van der Waals surface area contributed by atoms with Gasteiger partial charge in [-0.1, -0.05) is 35.9 Å². The molecule has 0 aromatic heterocycles. The number of aliphatic carboxylic acids is 1. The predicted molar refractivity (Wildman–Crippen MR) is 130 cm³/mol. The van der Waals surface area contributed by atoms with Crippen molar-refractivity contribution in [2.24, 2.45) is 0 Å². The second kappa shape index (κ2) is 10.4. The van der Waals surface area contributed by atoms with Gasteiger partial charge in [0.05, 0.1) is 11.6 Å². The van der Waals surface area contributed by atoms with E-state index in [0.29, 0.717) is 29.9 Å². The Morgan fingerprint density at radius 1 is 1.14 bits per heavy atom. The maximum atomic E-state index is 13.9. The number of carbonyl (C=O) groups excluding carboxylic acids is 1. The van der Waals surface area contributed by atoms with Crippen molar-refractivity contribution < 1.29 is 28.6 Å². The molecule has 0 spiro atoms. The fraction of sp³-hybridized carbons (Fsp3) is 0.259. The predicted octanol–water partition coefficient (Wildman–Crippen LogP) is 5.02. The molecule has 1 amide bonds. The van der Waals surface area contributed by atoms with E-state index in [2.05, 4.69) is 0 Å². The number of rotatable bonds is 9. The molecule has 0 saturated heterocycles. The van der Waals surface area contributed by atoms with Crippen molar-refractivity contribution in [3.05, 3.63) is 94.3 Å². The number of carboxylic acids is 1. The summed E-state index contributed by atoms with van der Waals surface area (Å²) in [5, 5.41) is 9.37. The van der Waals surface area contributed by atoms with E-state index in [1.807, 2.05) is 25.1 Å². The van der Waals surface area contributed by atoms with Gasteiger partial charge >= 0.3 is 5.97 Å². The maximum Gasteiger partial charge on any atom is 0.323 e. The van der Waals surface area contributed by atoms with Crippen LogP contribution in [-0.2, 0) is 17.6 Å². The summed E-state index contributed by atoms with van der Waals surface area (Å²) in [6.45, 7) is 1.77. The largest absolute Gasteiger partial charge is 0.492 e. The zero-order valence-electron chi connectivity index (χ0n) is 19.2. The fourth-order valence-corrected chi connectivity index (χ4v) is 4.34. The van der Waals surface area contributed by atoms with Crippen LogP contribution in [0.5, 0.6) is 11.5 Å². The van der Waals surface area contributed by atoms with Crippen LogP contribution in [0.2, 0.25) is 5.02 Å². The summed E-state index contributed by atoms with van der Waals surface area (Å²) in [5.74, 6) is -0.697. The van der Waals surface area contributed by atoms with Gasteiger partial charge in [0.25, 0.3) is 5.91 Å². The zero-order chi connectivity index (χ0) is 25.0. The number of carbonyl (C=O) groups is 2. The molecular weight excluding hydrogens is 473 g/mol. The van der Waals surface area contributed by atoms with E-state index in [9.17, 15) is 19.1 Å². The number of benzene rings is 3. The van der Waals surface area contributed by atoms with E-state index in [-0.39, 0.29) is 18.2 Å². The number of ether oxygens (including phenoxy) is 2. The third-order valence-electron chi connectivity index (χ3n) is 5.78. The Labute approximate surface area is 207 Å². The molecule has 0 aliphatic carbocycles. The number of para-hydroxylation sites is 1. The first-order valence-corrected chi connectivity index (χ1v) is 11.5. The molecule has 6 nitrogen and oxygen atoms in total. The third-order valence-corrected chi connectivity index (χ3v) is 6.08. The zero-order valence-corrected chi connectivity index (χ0v) is 19.9. The molecule has 0 fully saturated rings. The first-order valence-electron chi connectivity index (χ1n) is 11.2. The average Bonchev–Trinajstić information content (AvgIpc) is 3.15. The fourth-order valence-electron chi connectivity index (χ4n) is 4.22. The maximum absolute atomic E-state index is 13.9. The van der Waals surface area contributed by atoms with Gasteiger partial charge in [-0.3, -0.25) is 9.59 Å². The van der Waals surface area contributed by atoms with Crippen LogP contribution in [0.1, 0.15) is 28.4 Å². The monoisotopic (exact) mass is 497 g/mol. The van der Waals surface area contributed by atoms with E-state index >= 15 is 0 Å². The number of carboxylic acid groups (broad SMARTS) is 1. The highest BCUT2D eigenvalue weighted by Crippen LogP contribution is 2.38. The van der Waals surface area contributed by atoms with Crippen molar-refractivity contribution >= 4 is 23.5 Å². The Hall–Kier alpha value is -3.58. The Morgan fingerprint density at radius 2 is 1.91 bits per heavy atom. The summed E-state index contributed by atoms with van der Waals surface area (Å²) in [7, 11) is 0. The number of hydrogen-bond donors (Lipinski definition) is 1. The molecule has 1 aliphatic rings. The minimum absolute atomic E-state index is 0.0674. The molecule has 35 heavy (non-hydrogen) atoms. The Bertz CT molecular complexity index is 1240. The number of halogens is 2. The molecule has 0 bridgehead atoms. The van der Waals surface area contributed by atoms with Crippen LogP contribution in [0.25, 0.3) is 0 Å². The topological polar surface area (TPSA) is 76.1 Å². The third kappa shape index (κ3) is 6.11. The quantitative estimate of drug-likeness (QED) is 0.449. The van der Waals surface area contributed by atoms with Gasteiger partial charge in [0, 0.05) is 18.4 Å². The standard InChI is InChI=1S/C27H25ClFNO5/c1-27(15-18-7-9-22(28)23(29)13-18)16-20-14-19(8-10-24(20)35-27)26(33)30(17-25(31)32)11-12-34-21-5-3-2-4-6-21/h2-10,13-14H,11-12,15-17H2,1H3,(H,31,32)/t27-/m1/s1. The second-order valence-electron chi connectivity index (χ2n) is 8.76. The van der Waals surface area contributed by atoms with Crippen LogP contribution in [0.3, 0.4) is 0 Å². The van der Waals surface area contributed by atoms with Crippen molar-refractivity contribution in [3.63, 3.8) is 0 Å². The van der Waals surface area contributed by atoms with Gasteiger partial charge in [-0.05, 0) is 60.5 Å². The van der Waals surface area contributed by atoms with E-state index in [4.69, 9.17) is 21.1 Å². The molecule has 1 N–H and O–H groups in total. The highest BCUT2D eigenvalue weighted by atomic mass is 35.5. The molecule has 0 radical (unpaired) electrons. The Balaban J connectivity index is 1.45. The van der Waals surface area contributed by atoms with Crippen LogP contribution in [0, 0.1) is 5.82 Å². The van der Waals surface area contributed by atoms with Crippen LogP contribution in [0.4, 0.5) is 4.39 Å². The molecule has 0 saturated carbocycles. The van der Waals surface area contributed by atoms with Crippen molar-refractivity contribution in [2.75, 3.05) is 19.7 Å². The highest BCUT2D eigenvalue weighted by Gasteiger charge is 2.36. The molecule has 1 heterocycles. The first kappa shape index (κ1) is 24.5. The van der Waals surface area contributed by atoms with Crippen molar-refractivity contribution in [3.8, 4) is 11.5 Å². The Morgan fingerprint density at radius 3 is 2.63 bits per heavy atom. The lowest BCUT2D eigenvalue weighted by Crippen LogP contribution is -2.38. The van der Waals surface area contributed by atoms with E-state index in [1.54, 1.807) is 36.4 Å². The average molecular weight is 498 g/mol. The molecule has 3 aromatic rings. The summed E-state index contributed by atoms with van der Waals surface area (Å²) in [6, 6.07) is 18.9. The van der Waals surface area contributed by atoms with E-state index in [0.717, 1.165) is 11.1 Å². The molecule has 8 heteroatoms. The normalized spacial score (nSPS) is 16.3. The van der Waals surface area contributed by atoms with Gasteiger partial charge in [-0.15, -0.1) is 0 Å². The van der Waals surface area contributed by atoms with Gasteiger partial charge in [-0.25, -0.2) is 4.39 Å². The Kier molecular flexibility index (Phi) is 7.26. The molecular formula is C27H25ClFNO5. The summed E-state index contributed by atoms with van der Waals surface area (Å²) in [4.78, 5) is 25.8. The van der Waals surface area contributed by atoms with Gasteiger partial charge in [0.1, 0.15) is 36.1 Å². The van der Waals surface area contributed by atoms with Crippen molar-refractivity contribution in [1.29, 1.82) is 0 Å². The van der Waals surface area contributed by atoms with Gasteiger partial charge in [0.2, 0.25) is 0 Å². The minimum atomic E-state index is -1.11. The second-order valence-corrected chi connectivity index (χ2v) is 9.17. The lowest BCUT2D eigenvalue weighted by atomic mass is 9.91. The minimum Gasteiger partial charge on any atom is -0.492 e. The summed E-state index contributed by atoms with van der Waals surface area (Å²) < 4.78 is 25.7. The summed E-state index contributed by atoms with van der Waals surface area (Å²) in [5.41, 5.74) is 1.34. The van der Waals surface area contributed by atoms with Crippen LogP contribution < -0.4 is 9.47 Å². The smallest absolute Gasteiger partial charge is 0.323 e. The summed E-state index contributed by atoms with van der Waals surface area (Å²) >= 11 is 5.79. The lowest BCUT2D eigenvalue weighted by molar-refractivity contribution is -0.137. The lowest BCUT2D eigenvalue weighted by Gasteiger charge is -2.24. The molecule has 182 valence electrons. The van der Waals surface area contributed by atoms with Crippen LogP contribution in [-0.4, -0.2) is 47.2 Å². The SMILES string of the molecule is C[C@@]1(Cc2ccc(Cl)c(F)c2)Cc2cc(C(=O)N(CCOc3ccccc3)CC(=O)O)ccc2O1. The highest BCUT2D eigenvalue weighted by molar-refractivity contribution is 6.30. The van der Waals surface area contributed by atoms with Gasteiger partial charge in [-0.2, -0.15) is 0 Å². The molecule has 4 rings (SSSR count). The van der Waals surface area contributed by atoms with Crippen LogP contribution in [0.15, 0.2) is 66.7 Å². The van der Waals surface area contributed by atoms with Gasteiger partial charge < -0.3 is 19.5 Å². The number of fused-ring (bicyclic) bond motifs is 1. The van der Waals surface area contributed by atoms with E-state index < -0.39 is 29.8 Å². The molecule has 0 unspecified atom stereocenters. The van der Waals surface area contributed by atoms with Crippen molar-refractivity contribution in [1.82, 2.24) is 4.90 Å². The number of nitrogens with zero attached hydrogens (tertiary/aromatic N) is 1. The molecule has 1 aliphatic heterocycles. The molecule has 3 aromatic carbocycles. The number of hydrogen-bond acceptors (Lipinski definition) is 4. The van der Waals surface area contributed by atoms with E-state index in [1.165, 1.54) is 17.0 Å². The number of amides is 1. The molecule has 1 atom stereocenters. The van der Waals surface area contributed by atoms with Crippen LogP contribution >= 0.6 is 11.6 Å². The van der Waals surface area contributed by atoms with Gasteiger partial charge in [0.15, 0.2) is 0 Å².